The summed E-state index contributed by atoms with van der Waals surface area (Å²) in [6.45, 7) is 0. The lowest BCUT2D eigenvalue weighted by atomic mass is 10.1. The highest BCUT2D eigenvalue weighted by molar-refractivity contribution is 5.33. The number of rotatable bonds is 1. The smallest absolute Gasteiger partial charge is 0.115 e. The van der Waals surface area contributed by atoms with Crippen molar-refractivity contribution in [2.45, 2.75) is 18.5 Å². The van der Waals surface area contributed by atoms with E-state index in [1.807, 2.05) is 6.07 Å². The monoisotopic (exact) mass is 152 g/mol. The Balaban J connectivity index is 2.25. The Morgan fingerprint density at radius 1 is 1.45 bits per heavy atom. The van der Waals surface area contributed by atoms with Crippen molar-refractivity contribution in [2.24, 2.45) is 0 Å². The lowest BCUT2D eigenvalue weighted by Crippen LogP contribution is -1.80. The molecule has 2 rings (SSSR count). The second kappa shape index (κ2) is 2.22. The molecule has 1 N–H and O–H groups in total. The highest BCUT2D eigenvalue weighted by atomic mass is 19.1. The molecule has 1 nitrogen and oxygen atoms in total. The Morgan fingerprint density at radius 2 is 2.18 bits per heavy atom. The lowest BCUT2D eigenvalue weighted by molar-refractivity contribution is 0.464. The molecule has 0 spiro atoms. The topological polar surface area (TPSA) is 20.2 Å². The number of halogens is 1. The highest BCUT2D eigenvalue weighted by Gasteiger charge is 2.38. The molecule has 0 aromatic heterocycles. The third-order valence-electron chi connectivity index (χ3n) is 2.01. The normalized spacial score (nSPS) is 28.5. The molecule has 1 aromatic rings. The number of phenolic OH excluding ortho intramolecular Hbond substituents is 1. The second-order valence-corrected chi connectivity index (χ2v) is 2.95. The fraction of sp³-hybridized carbons (Fsp3) is 0.333. The van der Waals surface area contributed by atoms with Gasteiger partial charge in [0.1, 0.15) is 11.9 Å². The van der Waals surface area contributed by atoms with Crippen LogP contribution >= 0.6 is 0 Å². The van der Waals surface area contributed by atoms with Gasteiger partial charge in [-0.05, 0) is 24.1 Å². The maximum absolute atomic E-state index is 12.5. The summed E-state index contributed by atoms with van der Waals surface area (Å²) in [4.78, 5) is 0. The summed E-state index contributed by atoms with van der Waals surface area (Å²) in [5.41, 5.74) is 0.914. The Hall–Kier alpha value is -1.05. The molecule has 11 heavy (non-hydrogen) atoms. The molecule has 0 heterocycles. The van der Waals surface area contributed by atoms with E-state index in [1.165, 1.54) is 0 Å². The Bertz CT molecular complexity index is 272. The molecule has 0 radical (unpaired) electrons. The van der Waals surface area contributed by atoms with Gasteiger partial charge in [0, 0.05) is 5.92 Å². The van der Waals surface area contributed by atoms with E-state index < -0.39 is 6.17 Å². The van der Waals surface area contributed by atoms with Crippen LogP contribution in [0.25, 0.3) is 0 Å². The first-order chi connectivity index (χ1) is 5.27. The largest absolute Gasteiger partial charge is 0.508 e. The van der Waals surface area contributed by atoms with E-state index in [0.717, 1.165) is 5.56 Å². The van der Waals surface area contributed by atoms with Crippen molar-refractivity contribution >= 4 is 0 Å². The summed E-state index contributed by atoms with van der Waals surface area (Å²) >= 11 is 0. The number of benzene rings is 1. The van der Waals surface area contributed by atoms with Gasteiger partial charge in [0.15, 0.2) is 0 Å². The Kier molecular flexibility index (Phi) is 1.34. The highest BCUT2D eigenvalue weighted by Crippen LogP contribution is 2.43. The minimum atomic E-state index is -0.684. The molecule has 1 fully saturated rings. The molecule has 1 aliphatic carbocycles. The predicted octanol–water partition coefficient (Wildman–Crippen LogP) is 2.22. The van der Waals surface area contributed by atoms with E-state index in [0.29, 0.717) is 6.42 Å². The second-order valence-electron chi connectivity index (χ2n) is 2.95. The van der Waals surface area contributed by atoms with Crippen LogP contribution in [0, 0.1) is 0 Å². The van der Waals surface area contributed by atoms with E-state index in [1.54, 1.807) is 18.2 Å². The molecule has 2 heteroatoms. The summed E-state index contributed by atoms with van der Waals surface area (Å²) in [6, 6.07) is 6.82. The number of hydrogen-bond donors (Lipinski definition) is 1. The minimum Gasteiger partial charge on any atom is -0.508 e. The van der Waals surface area contributed by atoms with E-state index in [4.69, 9.17) is 5.11 Å². The van der Waals surface area contributed by atoms with Gasteiger partial charge in [0.05, 0.1) is 0 Å². The summed E-state index contributed by atoms with van der Waals surface area (Å²) in [5.74, 6) is 0.267. The molecule has 2 atom stereocenters. The number of phenols is 1. The molecular weight excluding hydrogens is 143 g/mol. The summed E-state index contributed by atoms with van der Waals surface area (Å²) in [7, 11) is 0. The SMILES string of the molecule is Oc1cccc([C@@H]2C[C@@H]2F)c1. The average Bonchev–Trinajstić information content (AvgIpc) is 2.67. The van der Waals surface area contributed by atoms with Crippen molar-refractivity contribution < 1.29 is 9.50 Å². The molecule has 1 saturated carbocycles. The molecule has 0 bridgehead atoms. The van der Waals surface area contributed by atoms with Crippen LogP contribution in [0.5, 0.6) is 5.75 Å². The van der Waals surface area contributed by atoms with E-state index in [-0.39, 0.29) is 11.7 Å². The summed E-state index contributed by atoms with van der Waals surface area (Å²) < 4.78 is 12.5. The van der Waals surface area contributed by atoms with E-state index in [9.17, 15) is 4.39 Å². The summed E-state index contributed by atoms with van der Waals surface area (Å²) in [5, 5.41) is 9.05. The molecule has 0 aliphatic heterocycles. The Morgan fingerprint density at radius 3 is 2.73 bits per heavy atom. The van der Waals surface area contributed by atoms with Crippen molar-refractivity contribution in [3.05, 3.63) is 29.8 Å². The van der Waals surface area contributed by atoms with Crippen molar-refractivity contribution in [1.82, 2.24) is 0 Å². The van der Waals surface area contributed by atoms with Gasteiger partial charge in [0.25, 0.3) is 0 Å². The van der Waals surface area contributed by atoms with Gasteiger partial charge in [0.2, 0.25) is 0 Å². The number of aromatic hydroxyl groups is 1. The van der Waals surface area contributed by atoms with Gasteiger partial charge >= 0.3 is 0 Å². The predicted molar refractivity (Wildman–Crippen MR) is 40.4 cm³/mol. The standard InChI is InChI=1S/C9H9FO/c10-9-5-8(9)6-2-1-3-7(11)4-6/h1-4,8-9,11H,5H2/t8-,9-/m0/s1. The van der Waals surface area contributed by atoms with Crippen molar-refractivity contribution in [2.75, 3.05) is 0 Å². The first-order valence-corrected chi connectivity index (χ1v) is 3.70. The minimum absolute atomic E-state index is 0.0436. The zero-order chi connectivity index (χ0) is 7.84. The van der Waals surface area contributed by atoms with E-state index in [2.05, 4.69) is 0 Å². The first kappa shape index (κ1) is 6.65. The average molecular weight is 152 g/mol. The van der Waals surface area contributed by atoms with Crippen LogP contribution in [0.3, 0.4) is 0 Å². The van der Waals surface area contributed by atoms with Gasteiger partial charge in [-0.2, -0.15) is 0 Å². The van der Waals surface area contributed by atoms with Crippen molar-refractivity contribution in [3.8, 4) is 5.75 Å². The van der Waals surface area contributed by atoms with Crippen molar-refractivity contribution in [1.29, 1.82) is 0 Å². The fourth-order valence-electron chi connectivity index (χ4n) is 1.26. The van der Waals surface area contributed by atoms with Crippen LogP contribution < -0.4 is 0 Å². The Labute approximate surface area is 64.5 Å². The molecule has 1 aromatic carbocycles. The molecule has 0 saturated heterocycles. The number of alkyl halides is 1. The zero-order valence-corrected chi connectivity index (χ0v) is 6.00. The summed E-state index contributed by atoms with van der Waals surface area (Å²) in [6.07, 6.45) is -0.0690. The maximum Gasteiger partial charge on any atom is 0.115 e. The van der Waals surface area contributed by atoms with Gasteiger partial charge < -0.3 is 5.11 Å². The van der Waals surface area contributed by atoms with Crippen LogP contribution in [-0.4, -0.2) is 11.3 Å². The maximum atomic E-state index is 12.5. The zero-order valence-electron chi connectivity index (χ0n) is 6.00. The first-order valence-electron chi connectivity index (χ1n) is 3.70. The molecule has 0 unspecified atom stereocenters. The molecule has 1 aliphatic rings. The third kappa shape index (κ3) is 1.20. The van der Waals surface area contributed by atoms with Crippen LogP contribution in [-0.2, 0) is 0 Å². The quantitative estimate of drug-likeness (QED) is 0.654. The lowest BCUT2D eigenvalue weighted by Gasteiger charge is -1.96. The van der Waals surface area contributed by atoms with Gasteiger partial charge in [-0.3, -0.25) is 0 Å². The molecular formula is C9H9FO. The molecule has 0 amide bonds. The van der Waals surface area contributed by atoms with Crippen LogP contribution in [0.4, 0.5) is 4.39 Å². The molecule has 58 valence electrons. The number of hydrogen-bond acceptors (Lipinski definition) is 1. The fourth-order valence-corrected chi connectivity index (χ4v) is 1.26. The van der Waals surface area contributed by atoms with Gasteiger partial charge in [-0.15, -0.1) is 0 Å². The third-order valence-corrected chi connectivity index (χ3v) is 2.01. The van der Waals surface area contributed by atoms with Crippen LogP contribution in [0.2, 0.25) is 0 Å². The van der Waals surface area contributed by atoms with E-state index >= 15 is 0 Å². The van der Waals surface area contributed by atoms with Crippen LogP contribution in [0.15, 0.2) is 24.3 Å². The van der Waals surface area contributed by atoms with Crippen LogP contribution in [0.1, 0.15) is 17.9 Å². The van der Waals surface area contributed by atoms with Gasteiger partial charge in [-0.1, -0.05) is 12.1 Å². The van der Waals surface area contributed by atoms with Crippen molar-refractivity contribution in [3.63, 3.8) is 0 Å². The van der Waals surface area contributed by atoms with Gasteiger partial charge in [-0.25, -0.2) is 4.39 Å².